The number of fused-ring (bicyclic) bond motifs is 2. The molecule has 5 aliphatic heterocycles. The lowest BCUT2D eigenvalue weighted by molar-refractivity contribution is -0.137. The lowest BCUT2D eigenvalue weighted by Gasteiger charge is -2.43. The Morgan fingerprint density at radius 1 is 0.828 bits per heavy atom. The molecule has 4 fully saturated rings. The molecule has 0 radical (unpaired) electrons. The van der Waals surface area contributed by atoms with Gasteiger partial charge >= 0.3 is 0 Å². The van der Waals surface area contributed by atoms with Crippen LogP contribution in [0, 0.1) is 11.7 Å². The number of carbonyl (C=O) groups is 3. The molecule has 5 aromatic rings. The summed E-state index contributed by atoms with van der Waals surface area (Å²) >= 11 is 0. The topological polar surface area (TPSA) is 179 Å². The molecular formula is C46H52FN11O5S. The number of carbonyl (C=O) groups excluding carboxylic acids is 3. The quantitative estimate of drug-likeness (QED) is 0.137. The monoisotopic (exact) mass is 889 g/mol. The summed E-state index contributed by atoms with van der Waals surface area (Å²) < 4.78 is 42.5. The smallest absolute Gasteiger partial charge is 0.234 e. The number of nitrogens with one attached hydrogen (secondary N) is 4. The van der Waals surface area contributed by atoms with Gasteiger partial charge in [0.05, 0.1) is 40.5 Å². The molecule has 2 atom stereocenters. The van der Waals surface area contributed by atoms with Gasteiger partial charge in [0.1, 0.15) is 17.3 Å². The molecule has 18 heteroatoms. The van der Waals surface area contributed by atoms with Gasteiger partial charge in [0.2, 0.25) is 33.7 Å². The zero-order valence-electron chi connectivity index (χ0n) is 35.7. The second-order valence-electron chi connectivity index (χ2n) is 17.6. The van der Waals surface area contributed by atoms with Gasteiger partial charge in [-0.15, -0.1) is 0 Å². The van der Waals surface area contributed by atoms with Gasteiger partial charge < -0.3 is 30.3 Å². The number of piperidine rings is 2. The number of benzene rings is 3. The largest absolute Gasteiger partial charge is 0.371 e. The molecule has 2 aromatic heterocycles. The van der Waals surface area contributed by atoms with Gasteiger partial charge in [-0.2, -0.15) is 9.97 Å². The van der Waals surface area contributed by atoms with E-state index in [1.165, 1.54) is 16.6 Å². The number of H-pyrrole nitrogens is 1. The molecule has 16 nitrogen and oxygen atoms in total. The number of imide groups is 1. The zero-order valence-corrected chi connectivity index (χ0v) is 36.5. The van der Waals surface area contributed by atoms with Gasteiger partial charge in [-0.3, -0.25) is 28.9 Å². The Balaban J connectivity index is 0.719. The lowest BCUT2D eigenvalue weighted by atomic mass is 9.90. The minimum absolute atomic E-state index is 0.0763. The number of hydrogen-bond acceptors (Lipinski definition) is 12. The Hall–Kier alpha value is -6.27. The Morgan fingerprint density at radius 3 is 2.41 bits per heavy atom. The van der Waals surface area contributed by atoms with Crippen LogP contribution in [0.4, 0.5) is 44.6 Å². The van der Waals surface area contributed by atoms with Gasteiger partial charge in [0, 0.05) is 88.9 Å². The standard InChI is InChI=1S/C46H52FN11O5S/c1-64(62,63)58-21-14-29-4-3-7-38(41(29)58)50-43-36-12-17-48-42(36)52-46(53-43)49-32-8-10-39(37(47)27-32)55-19-15-33(16-20-55)54-22-24-56(25-23-54)45(61)31-13-18-57(28-31)34-6-2-5-30(26-34)35-9-11-40(59)51-44(35)60/h2-8,10,12,17,26-27,31,33,35H,9,11,13-16,18-25,28H2,1H3,(H,51,59,60)(H3,48,49,50,52,53)/t31-,35?/m1/s1. The normalized spacial score (nSPS) is 21.1. The molecule has 10 rings (SSSR count). The number of amides is 3. The summed E-state index contributed by atoms with van der Waals surface area (Å²) in [5.41, 5.74) is 5.67. The number of hydrogen-bond donors (Lipinski definition) is 4. The van der Waals surface area contributed by atoms with E-state index in [9.17, 15) is 22.8 Å². The van der Waals surface area contributed by atoms with Crippen LogP contribution in [0.5, 0.6) is 0 Å². The fourth-order valence-corrected chi connectivity index (χ4v) is 11.2. The predicted molar refractivity (Wildman–Crippen MR) is 244 cm³/mol. The van der Waals surface area contributed by atoms with E-state index in [1.54, 1.807) is 12.3 Å². The highest BCUT2D eigenvalue weighted by Crippen LogP contribution is 2.40. The van der Waals surface area contributed by atoms with Crippen molar-refractivity contribution >= 4 is 79.0 Å². The van der Waals surface area contributed by atoms with Crippen LogP contribution in [-0.4, -0.2) is 122 Å². The third-order valence-electron chi connectivity index (χ3n) is 13.6. The van der Waals surface area contributed by atoms with Crippen molar-refractivity contribution in [2.45, 2.75) is 50.5 Å². The van der Waals surface area contributed by atoms with Gasteiger partial charge in [-0.1, -0.05) is 24.3 Å². The van der Waals surface area contributed by atoms with Crippen LogP contribution >= 0.6 is 0 Å². The lowest BCUT2D eigenvalue weighted by Crippen LogP contribution is -2.55. The van der Waals surface area contributed by atoms with E-state index >= 15 is 4.39 Å². The molecule has 3 amide bonds. The van der Waals surface area contributed by atoms with Crippen molar-refractivity contribution < 1.29 is 27.2 Å². The van der Waals surface area contributed by atoms with Crippen LogP contribution in [0.15, 0.2) is 72.9 Å². The highest BCUT2D eigenvalue weighted by Gasteiger charge is 2.36. The molecule has 3 aromatic carbocycles. The average Bonchev–Trinajstić information content (AvgIpc) is 4.08. The summed E-state index contributed by atoms with van der Waals surface area (Å²) in [6.45, 7) is 6.25. The Bertz CT molecular complexity index is 2730. The molecule has 0 bridgehead atoms. The molecule has 334 valence electrons. The molecule has 4 saturated heterocycles. The summed E-state index contributed by atoms with van der Waals surface area (Å²) in [4.78, 5) is 59.2. The molecule has 7 heterocycles. The van der Waals surface area contributed by atoms with Crippen molar-refractivity contribution in [1.29, 1.82) is 0 Å². The zero-order chi connectivity index (χ0) is 44.1. The van der Waals surface area contributed by atoms with E-state index in [0.717, 1.165) is 74.2 Å². The summed E-state index contributed by atoms with van der Waals surface area (Å²) in [6, 6.07) is 20.9. The average molecular weight is 890 g/mol. The predicted octanol–water partition coefficient (Wildman–Crippen LogP) is 5.07. The maximum atomic E-state index is 15.8. The maximum absolute atomic E-state index is 15.8. The second-order valence-corrected chi connectivity index (χ2v) is 19.5. The van der Waals surface area contributed by atoms with Crippen LogP contribution in [0.1, 0.15) is 49.1 Å². The molecule has 64 heavy (non-hydrogen) atoms. The number of anilines is 7. The number of sulfonamides is 1. The van der Waals surface area contributed by atoms with E-state index in [-0.39, 0.29) is 41.3 Å². The number of para-hydroxylation sites is 1. The SMILES string of the molecule is CS(=O)(=O)N1CCc2cccc(Nc3nc(Nc4ccc(N5CCC(N6CCN(C(=O)[C@@H]7CCN(c8cccc(C9CCC(=O)NC9=O)c8)C7)CC6)CC5)c(F)c4)nc4[nH]ccc34)c21. The van der Waals surface area contributed by atoms with Gasteiger partial charge in [0.25, 0.3) is 0 Å². The number of aromatic nitrogens is 3. The van der Waals surface area contributed by atoms with E-state index in [2.05, 4.69) is 40.6 Å². The fraction of sp³-hybridized carbons (Fsp3) is 0.413. The molecule has 4 N–H and O–H groups in total. The third kappa shape index (κ3) is 8.31. The Morgan fingerprint density at radius 2 is 1.62 bits per heavy atom. The van der Waals surface area contributed by atoms with Crippen molar-refractivity contribution in [3.8, 4) is 0 Å². The summed E-state index contributed by atoms with van der Waals surface area (Å²) in [5.74, 6) is -0.295. The molecule has 1 unspecified atom stereocenters. The molecule has 0 saturated carbocycles. The summed E-state index contributed by atoms with van der Waals surface area (Å²) in [5, 5.41) is 9.70. The van der Waals surface area contributed by atoms with Crippen LogP contribution < -0.4 is 30.1 Å². The van der Waals surface area contributed by atoms with E-state index < -0.39 is 10.0 Å². The summed E-state index contributed by atoms with van der Waals surface area (Å²) in [6.07, 6.45) is 7.01. The Kier molecular flexibility index (Phi) is 11.1. The fourth-order valence-electron chi connectivity index (χ4n) is 10.2. The van der Waals surface area contributed by atoms with Crippen LogP contribution in [0.25, 0.3) is 11.0 Å². The van der Waals surface area contributed by atoms with Gasteiger partial charge in [-0.05, 0) is 85.7 Å². The number of rotatable bonds is 10. The first-order valence-electron chi connectivity index (χ1n) is 22.2. The number of nitrogens with zero attached hydrogens (tertiary/aromatic N) is 7. The molecule has 0 spiro atoms. The Labute approximate surface area is 371 Å². The highest BCUT2D eigenvalue weighted by molar-refractivity contribution is 7.92. The third-order valence-corrected chi connectivity index (χ3v) is 14.8. The minimum Gasteiger partial charge on any atom is -0.371 e. The van der Waals surface area contributed by atoms with Gasteiger partial charge in [-0.25, -0.2) is 12.8 Å². The first kappa shape index (κ1) is 41.7. The number of halogens is 1. The van der Waals surface area contributed by atoms with E-state index in [0.29, 0.717) is 85.7 Å². The van der Waals surface area contributed by atoms with E-state index in [1.807, 2.05) is 59.5 Å². The molecular weight excluding hydrogens is 838 g/mol. The van der Waals surface area contributed by atoms with Gasteiger partial charge in [0.15, 0.2) is 0 Å². The summed E-state index contributed by atoms with van der Waals surface area (Å²) in [7, 11) is -3.48. The second kappa shape index (κ2) is 17.0. The van der Waals surface area contributed by atoms with E-state index in [4.69, 9.17) is 4.98 Å². The molecule has 0 aliphatic carbocycles. The van der Waals surface area contributed by atoms with Crippen LogP contribution in [-0.2, 0) is 30.8 Å². The minimum atomic E-state index is -3.48. The first-order chi connectivity index (χ1) is 30.9. The maximum Gasteiger partial charge on any atom is 0.234 e. The van der Waals surface area contributed by atoms with Crippen molar-refractivity contribution in [1.82, 2.24) is 30.1 Å². The number of aromatic amines is 1. The highest BCUT2D eigenvalue weighted by atomic mass is 32.2. The van der Waals surface area contributed by atoms with Crippen molar-refractivity contribution in [3.05, 3.63) is 89.9 Å². The van der Waals surface area contributed by atoms with Crippen molar-refractivity contribution in [2.24, 2.45) is 5.92 Å². The number of piperazine rings is 1. The van der Waals surface area contributed by atoms with Crippen molar-refractivity contribution in [2.75, 3.05) is 89.9 Å². The van der Waals surface area contributed by atoms with Crippen LogP contribution in [0.2, 0.25) is 0 Å². The first-order valence-corrected chi connectivity index (χ1v) is 24.0. The van der Waals surface area contributed by atoms with Crippen molar-refractivity contribution in [3.63, 3.8) is 0 Å². The van der Waals surface area contributed by atoms with Crippen LogP contribution in [0.3, 0.4) is 0 Å². The molecule has 5 aliphatic rings.